The lowest BCUT2D eigenvalue weighted by Crippen LogP contribution is -2.51. The summed E-state index contributed by atoms with van der Waals surface area (Å²) in [6.45, 7) is 1.89. The summed E-state index contributed by atoms with van der Waals surface area (Å²) in [5.41, 5.74) is 3.10. The van der Waals surface area contributed by atoms with Crippen LogP contribution in [-0.4, -0.2) is 44.6 Å². The topological polar surface area (TPSA) is 51.0 Å². The fourth-order valence-corrected chi connectivity index (χ4v) is 3.81. The molecule has 0 bridgehead atoms. The molecule has 5 heteroatoms. The van der Waals surface area contributed by atoms with Gasteiger partial charge < -0.3 is 0 Å². The average molecular weight is 346 g/mol. The molecule has 26 heavy (non-hydrogen) atoms. The maximum absolute atomic E-state index is 12.5. The molecule has 5 nitrogen and oxygen atoms in total. The lowest BCUT2D eigenvalue weighted by atomic mass is 9.92. The number of aromatic nitrogens is 3. The number of pyridine rings is 1. The molecule has 0 atom stereocenters. The van der Waals surface area contributed by atoms with Crippen LogP contribution in [0.2, 0.25) is 0 Å². The number of hydrogen-bond acceptors (Lipinski definition) is 4. The normalized spacial score (nSPS) is 18.2. The summed E-state index contributed by atoms with van der Waals surface area (Å²) in [5, 5.41) is 6.46. The quantitative estimate of drug-likeness (QED) is 0.713. The first kappa shape index (κ1) is 15.7. The maximum Gasteiger partial charge on any atom is 0.144 e. The molecule has 2 aliphatic rings. The van der Waals surface area contributed by atoms with E-state index in [0.29, 0.717) is 12.2 Å². The predicted octanol–water partition coefficient (Wildman–Crippen LogP) is 2.84. The standard InChI is InChI=1S/C21H22N4O/c1-24-11-17(10-23-24)14-2-3-15-9-22-19(7-16(15)6-14)8-21(26)18-12-25(13-18)20-4-5-20/h2-3,6-7,9-11,18,20H,4-5,8,12-13H2,1H3. The Morgan fingerprint density at radius 1 is 1.12 bits per heavy atom. The molecule has 0 N–H and O–H groups in total. The molecule has 3 heterocycles. The third-order valence-corrected chi connectivity index (χ3v) is 5.60. The van der Waals surface area contributed by atoms with Crippen molar-refractivity contribution in [2.45, 2.75) is 25.3 Å². The highest BCUT2D eigenvalue weighted by molar-refractivity contribution is 5.89. The number of carbonyl (C=O) groups is 1. The third kappa shape index (κ3) is 2.92. The Hall–Kier alpha value is -2.53. The number of fused-ring (bicyclic) bond motifs is 1. The van der Waals surface area contributed by atoms with Crippen molar-refractivity contribution in [1.29, 1.82) is 0 Å². The van der Waals surface area contributed by atoms with Crippen LogP contribution in [0, 0.1) is 5.92 Å². The van der Waals surface area contributed by atoms with Gasteiger partial charge in [0.2, 0.25) is 0 Å². The molecule has 0 unspecified atom stereocenters. The van der Waals surface area contributed by atoms with Gasteiger partial charge in [-0.2, -0.15) is 5.10 Å². The summed E-state index contributed by atoms with van der Waals surface area (Å²) in [5.74, 6) is 0.534. The van der Waals surface area contributed by atoms with Crippen molar-refractivity contribution in [3.63, 3.8) is 0 Å². The highest BCUT2D eigenvalue weighted by atomic mass is 16.1. The van der Waals surface area contributed by atoms with Crippen molar-refractivity contribution >= 4 is 16.6 Å². The molecular weight excluding hydrogens is 324 g/mol. The van der Waals surface area contributed by atoms with E-state index in [1.54, 1.807) is 4.68 Å². The van der Waals surface area contributed by atoms with E-state index in [1.807, 2.05) is 25.6 Å². The first-order valence-corrected chi connectivity index (χ1v) is 9.30. The van der Waals surface area contributed by atoms with Crippen LogP contribution in [0.1, 0.15) is 18.5 Å². The Balaban J connectivity index is 1.34. The Morgan fingerprint density at radius 3 is 2.69 bits per heavy atom. The van der Waals surface area contributed by atoms with Crippen LogP contribution in [0.5, 0.6) is 0 Å². The molecule has 2 fully saturated rings. The highest BCUT2D eigenvalue weighted by Gasteiger charge is 2.40. The number of benzene rings is 1. The van der Waals surface area contributed by atoms with E-state index in [2.05, 4.69) is 39.2 Å². The largest absolute Gasteiger partial charge is 0.299 e. The fourth-order valence-electron chi connectivity index (χ4n) is 3.81. The molecule has 5 rings (SSSR count). The molecule has 1 aliphatic carbocycles. The number of rotatable bonds is 5. The van der Waals surface area contributed by atoms with E-state index in [9.17, 15) is 4.79 Å². The van der Waals surface area contributed by atoms with Gasteiger partial charge in [0.15, 0.2) is 0 Å². The van der Waals surface area contributed by atoms with Gasteiger partial charge in [-0.25, -0.2) is 0 Å². The lowest BCUT2D eigenvalue weighted by molar-refractivity contribution is -0.127. The second kappa shape index (κ2) is 6.02. The number of carbonyl (C=O) groups excluding carboxylic acids is 1. The van der Waals surface area contributed by atoms with E-state index >= 15 is 0 Å². The first-order valence-electron chi connectivity index (χ1n) is 9.30. The molecule has 1 saturated carbocycles. The first-order chi connectivity index (χ1) is 12.7. The molecule has 0 spiro atoms. The van der Waals surface area contributed by atoms with E-state index in [0.717, 1.165) is 46.7 Å². The molecule has 2 aromatic heterocycles. The molecule has 3 aromatic rings. The summed E-state index contributed by atoms with van der Waals surface area (Å²) in [7, 11) is 1.92. The zero-order chi connectivity index (χ0) is 17.7. The Bertz CT molecular complexity index is 983. The molecule has 1 aromatic carbocycles. The SMILES string of the molecule is Cn1cc(-c2ccc3cnc(CC(=O)C4CN(C5CC5)C4)cc3c2)cn1. The van der Waals surface area contributed by atoms with Crippen molar-refractivity contribution in [2.24, 2.45) is 13.0 Å². The van der Waals surface area contributed by atoms with Crippen molar-refractivity contribution in [3.05, 3.63) is 48.5 Å². The molecule has 1 saturated heterocycles. The second-order valence-corrected chi connectivity index (χ2v) is 7.67. The number of nitrogens with zero attached hydrogens (tertiary/aromatic N) is 4. The summed E-state index contributed by atoms with van der Waals surface area (Å²) in [6.07, 6.45) is 8.82. The number of likely N-dealkylation sites (tertiary alicyclic amines) is 1. The average Bonchev–Trinajstić information content (AvgIpc) is 3.32. The minimum atomic E-state index is 0.204. The van der Waals surface area contributed by atoms with Gasteiger partial charge in [-0.1, -0.05) is 12.1 Å². The zero-order valence-corrected chi connectivity index (χ0v) is 14.9. The van der Waals surface area contributed by atoms with Crippen LogP contribution in [0.15, 0.2) is 42.9 Å². The van der Waals surface area contributed by atoms with E-state index in [1.165, 1.54) is 12.8 Å². The van der Waals surface area contributed by atoms with Gasteiger partial charge in [-0.3, -0.25) is 19.4 Å². The number of hydrogen-bond donors (Lipinski definition) is 0. The van der Waals surface area contributed by atoms with Crippen LogP contribution in [0.25, 0.3) is 21.9 Å². The van der Waals surface area contributed by atoms with Crippen molar-refractivity contribution in [3.8, 4) is 11.1 Å². The molecule has 0 amide bonds. The van der Waals surface area contributed by atoms with Crippen LogP contribution in [-0.2, 0) is 18.3 Å². The van der Waals surface area contributed by atoms with Gasteiger partial charge in [0, 0.05) is 67.6 Å². The van der Waals surface area contributed by atoms with Crippen molar-refractivity contribution in [1.82, 2.24) is 19.7 Å². The van der Waals surface area contributed by atoms with Crippen LogP contribution in [0.3, 0.4) is 0 Å². The minimum Gasteiger partial charge on any atom is -0.299 e. The Labute approximate surface area is 152 Å². The zero-order valence-electron chi connectivity index (χ0n) is 14.9. The summed E-state index contributed by atoms with van der Waals surface area (Å²) in [6, 6.07) is 9.15. The van der Waals surface area contributed by atoms with Crippen molar-refractivity contribution in [2.75, 3.05) is 13.1 Å². The molecular formula is C21H22N4O. The maximum atomic E-state index is 12.5. The monoisotopic (exact) mass is 346 g/mol. The third-order valence-electron chi connectivity index (χ3n) is 5.60. The summed E-state index contributed by atoms with van der Waals surface area (Å²) in [4.78, 5) is 19.5. The van der Waals surface area contributed by atoms with Gasteiger partial charge in [0.1, 0.15) is 5.78 Å². The lowest BCUT2D eigenvalue weighted by Gasteiger charge is -2.38. The van der Waals surface area contributed by atoms with Crippen LogP contribution in [0.4, 0.5) is 0 Å². The van der Waals surface area contributed by atoms with E-state index in [-0.39, 0.29) is 5.92 Å². The second-order valence-electron chi connectivity index (χ2n) is 7.67. The number of ketones is 1. The minimum absolute atomic E-state index is 0.204. The summed E-state index contributed by atoms with van der Waals surface area (Å²) < 4.78 is 1.81. The van der Waals surface area contributed by atoms with E-state index in [4.69, 9.17) is 0 Å². The van der Waals surface area contributed by atoms with Gasteiger partial charge in [-0.05, 0) is 35.9 Å². The van der Waals surface area contributed by atoms with Gasteiger partial charge in [-0.15, -0.1) is 0 Å². The predicted molar refractivity (Wildman–Crippen MR) is 101 cm³/mol. The highest BCUT2D eigenvalue weighted by Crippen LogP contribution is 2.33. The van der Waals surface area contributed by atoms with Gasteiger partial charge in [0.25, 0.3) is 0 Å². The summed E-state index contributed by atoms with van der Waals surface area (Å²) >= 11 is 0. The van der Waals surface area contributed by atoms with Gasteiger partial charge in [0.05, 0.1) is 6.20 Å². The number of aryl methyl sites for hydroxylation is 1. The van der Waals surface area contributed by atoms with Crippen LogP contribution >= 0.6 is 0 Å². The molecule has 0 radical (unpaired) electrons. The fraction of sp³-hybridized carbons (Fsp3) is 0.381. The Morgan fingerprint density at radius 2 is 1.96 bits per heavy atom. The molecule has 132 valence electrons. The van der Waals surface area contributed by atoms with Crippen LogP contribution < -0.4 is 0 Å². The molecule has 1 aliphatic heterocycles. The van der Waals surface area contributed by atoms with E-state index < -0.39 is 0 Å². The smallest absolute Gasteiger partial charge is 0.144 e. The Kier molecular flexibility index (Phi) is 3.64. The van der Waals surface area contributed by atoms with Gasteiger partial charge >= 0.3 is 0 Å². The van der Waals surface area contributed by atoms with Crippen molar-refractivity contribution < 1.29 is 4.79 Å². The number of Topliss-reactive ketones (excluding diaryl/α,β-unsaturated/α-hetero) is 1.